The van der Waals surface area contributed by atoms with Gasteiger partial charge < -0.3 is 25.2 Å². The van der Waals surface area contributed by atoms with Crippen molar-refractivity contribution in [3.63, 3.8) is 0 Å². The lowest BCUT2D eigenvalue weighted by atomic mass is 10.0. The molecule has 1 aliphatic rings. The Balaban J connectivity index is 1.95. The number of amides is 3. The number of ether oxygens (including phenoxy) is 1. The molecule has 0 bridgehead atoms. The van der Waals surface area contributed by atoms with Gasteiger partial charge in [-0.05, 0) is 61.1 Å². The van der Waals surface area contributed by atoms with E-state index in [-0.39, 0.29) is 30.0 Å². The summed E-state index contributed by atoms with van der Waals surface area (Å²) in [6.07, 6.45) is 0.943. The van der Waals surface area contributed by atoms with Crippen molar-refractivity contribution in [3.05, 3.63) is 64.1 Å². The van der Waals surface area contributed by atoms with Crippen LogP contribution in [-0.2, 0) is 30.8 Å². The molecule has 0 radical (unpaired) electrons. The number of hydrogen-bond acceptors (Lipinski definition) is 8. The molecule has 0 saturated heterocycles. The van der Waals surface area contributed by atoms with Gasteiger partial charge in [0.15, 0.2) is 9.84 Å². The predicted octanol–water partition coefficient (Wildman–Crippen LogP) is 2.50. The molecule has 0 spiro atoms. The lowest BCUT2D eigenvalue weighted by Crippen LogP contribution is -2.56. The molecule has 42 heavy (non-hydrogen) atoms. The van der Waals surface area contributed by atoms with E-state index in [0.717, 1.165) is 21.5 Å². The van der Waals surface area contributed by atoms with Crippen molar-refractivity contribution in [2.45, 2.75) is 25.6 Å². The second-order valence-corrected chi connectivity index (χ2v) is 13.0. The first kappa shape index (κ1) is 31.0. The van der Waals surface area contributed by atoms with Crippen molar-refractivity contribution in [2.24, 2.45) is 0 Å². The van der Waals surface area contributed by atoms with Crippen LogP contribution in [-0.4, -0.2) is 70.9 Å². The van der Waals surface area contributed by atoms with Crippen LogP contribution < -0.4 is 25.2 Å². The van der Waals surface area contributed by atoms with E-state index >= 15 is 0 Å². The van der Waals surface area contributed by atoms with Crippen molar-refractivity contribution >= 4 is 65.6 Å². The molecular formula is C29H30BrN5O6S. The number of benzene rings is 3. The Morgan fingerprint density at radius 3 is 2.55 bits per heavy atom. The fourth-order valence-corrected chi connectivity index (χ4v) is 5.92. The molecule has 11 nitrogen and oxygen atoms in total. The van der Waals surface area contributed by atoms with Crippen molar-refractivity contribution in [1.29, 1.82) is 5.26 Å². The quantitative estimate of drug-likeness (QED) is 0.376. The van der Waals surface area contributed by atoms with Crippen molar-refractivity contribution in [3.8, 4) is 11.8 Å². The number of anilines is 2. The monoisotopic (exact) mass is 655 g/mol. The minimum absolute atomic E-state index is 0.0419. The van der Waals surface area contributed by atoms with Crippen LogP contribution in [0.4, 0.5) is 11.4 Å². The Morgan fingerprint density at radius 2 is 1.90 bits per heavy atom. The summed E-state index contributed by atoms with van der Waals surface area (Å²) in [5.74, 6) is -2.11. The molecule has 0 fully saturated rings. The number of rotatable bonds is 8. The van der Waals surface area contributed by atoms with Crippen molar-refractivity contribution in [1.82, 2.24) is 10.6 Å². The number of hydrogen-bond donors (Lipinski definition) is 2. The van der Waals surface area contributed by atoms with Crippen LogP contribution in [0.1, 0.15) is 18.1 Å². The molecule has 0 aliphatic carbocycles. The first-order valence-electron chi connectivity index (χ1n) is 12.9. The van der Waals surface area contributed by atoms with Crippen LogP contribution in [0.5, 0.6) is 5.75 Å². The maximum atomic E-state index is 14.3. The Hall–Kier alpha value is -3.99. The minimum Gasteiger partial charge on any atom is -0.496 e. The highest BCUT2D eigenvalue weighted by Crippen LogP contribution is 2.39. The summed E-state index contributed by atoms with van der Waals surface area (Å²) in [6, 6.07) is 14.0. The first-order valence-corrected chi connectivity index (χ1v) is 15.8. The molecule has 2 atom stereocenters. The second-order valence-electron chi connectivity index (χ2n) is 9.97. The molecule has 1 aliphatic heterocycles. The standard InChI is InChI=1S/C29H30BrN5O6S/c1-17(32-2)28(37)33-23-15-34(27(36)16-42(4,39)40)24-10-8-18(13-31)12-25(24)35(29(23)38)14-21-19-6-5-7-22(30)20(19)9-11-26(21)41-3/h5-12,17,23,32H,14-16H2,1-4H3,(H,33,37). The molecule has 1 heterocycles. The van der Waals surface area contributed by atoms with Crippen LogP contribution in [0.2, 0.25) is 0 Å². The average molecular weight is 657 g/mol. The summed E-state index contributed by atoms with van der Waals surface area (Å²) < 4.78 is 30.7. The van der Waals surface area contributed by atoms with Crippen LogP contribution >= 0.6 is 15.9 Å². The minimum atomic E-state index is -3.73. The average Bonchev–Trinajstić information content (AvgIpc) is 3.06. The molecule has 0 aromatic heterocycles. The van der Waals surface area contributed by atoms with Crippen molar-refractivity contribution < 1.29 is 27.5 Å². The molecule has 3 amide bonds. The maximum Gasteiger partial charge on any atom is 0.251 e. The van der Waals surface area contributed by atoms with E-state index in [1.165, 1.54) is 35.1 Å². The third-order valence-electron chi connectivity index (χ3n) is 7.06. The zero-order valence-electron chi connectivity index (χ0n) is 23.5. The van der Waals surface area contributed by atoms with Gasteiger partial charge in [0.05, 0.1) is 49.2 Å². The molecule has 13 heteroatoms. The maximum absolute atomic E-state index is 14.3. The number of sulfone groups is 1. The normalized spacial score (nSPS) is 15.9. The van der Waals surface area contributed by atoms with Crippen LogP contribution in [0.25, 0.3) is 10.8 Å². The third-order valence-corrected chi connectivity index (χ3v) is 8.52. The number of methoxy groups -OCH3 is 1. The van der Waals surface area contributed by atoms with E-state index in [1.807, 2.05) is 24.3 Å². The zero-order chi connectivity index (χ0) is 30.8. The molecule has 4 rings (SSSR count). The number of nitriles is 1. The van der Waals surface area contributed by atoms with E-state index in [1.54, 1.807) is 20.0 Å². The number of nitrogens with one attached hydrogen (secondary N) is 2. The largest absolute Gasteiger partial charge is 0.496 e. The molecule has 3 aromatic rings. The summed E-state index contributed by atoms with van der Waals surface area (Å²) >= 11 is 3.57. The lowest BCUT2D eigenvalue weighted by Gasteiger charge is -2.27. The number of carbonyl (C=O) groups excluding carboxylic acids is 3. The number of nitrogens with zero attached hydrogens (tertiary/aromatic N) is 3. The summed E-state index contributed by atoms with van der Waals surface area (Å²) in [4.78, 5) is 43.2. The van der Waals surface area contributed by atoms with E-state index in [2.05, 4.69) is 32.6 Å². The van der Waals surface area contributed by atoms with Gasteiger partial charge in [0.1, 0.15) is 17.5 Å². The highest BCUT2D eigenvalue weighted by Gasteiger charge is 2.38. The fourth-order valence-electron chi connectivity index (χ4n) is 4.81. The Morgan fingerprint density at radius 1 is 1.17 bits per heavy atom. The smallest absolute Gasteiger partial charge is 0.251 e. The topological polar surface area (TPSA) is 149 Å². The van der Waals surface area contributed by atoms with Gasteiger partial charge in [0.2, 0.25) is 11.8 Å². The van der Waals surface area contributed by atoms with Gasteiger partial charge in [-0.1, -0.05) is 28.1 Å². The Bertz CT molecular complexity index is 1720. The van der Waals surface area contributed by atoms with Crippen LogP contribution in [0, 0.1) is 11.3 Å². The number of halogens is 1. The number of fused-ring (bicyclic) bond motifs is 2. The molecule has 2 unspecified atom stereocenters. The molecule has 2 N–H and O–H groups in total. The third kappa shape index (κ3) is 6.41. The summed E-state index contributed by atoms with van der Waals surface area (Å²) in [5, 5.41) is 16.9. The molecule has 220 valence electrons. The van der Waals surface area contributed by atoms with Gasteiger partial charge in [-0.2, -0.15) is 5.26 Å². The Labute approximate surface area is 252 Å². The van der Waals surface area contributed by atoms with Gasteiger partial charge in [0, 0.05) is 16.3 Å². The van der Waals surface area contributed by atoms with Crippen LogP contribution in [0.3, 0.4) is 0 Å². The van der Waals surface area contributed by atoms with Crippen LogP contribution in [0.15, 0.2) is 53.0 Å². The molecular weight excluding hydrogens is 626 g/mol. The van der Waals surface area contributed by atoms with Gasteiger partial charge in [-0.15, -0.1) is 0 Å². The fraction of sp³-hybridized carbons (Fsp3) is 0.310. The first-order chi connectivity index (χ1) is 19.9. The van der Waals surface area contributed by atoms with Gasteiger partial charge in [-0.3, -0.25) is 14.4 Å². The molecule has 3 aromatic carbocycles. The van der Waals surface area contributed by atoms with Crippen molar-refractivity contribution in [2.75, 3.05) is 42.5 Å². The highest BCUT2D eigenvalue weighted by atomic mass is 79.9. The summed E-state index contributed by atoms with van der Waals surface area (Å²) in [6.45, 7) is 1.26. The summed E-state index contributed by atoms with van der Waals surface area (Å²) in [7, 11) is -0.620. The lowest BCUT2D eigenvalue weighted by molar-refractivity contribution is -0.128. The Kier molecular flexibility index (Phi) is 9.20. The highest BCUT2D eigenvalue weighted by molar-refractivity contribution is 9.10. The zero-order valence-corrected chi connectivity index (χ0v) is 25.9. The predicted molar refractivity (Wildman–Crippen MR) is 163 cm³/mol. The second kappa shape index (κ2) is 12.5. The van der Waals surface area contributed by atoms with E-state index in [9.17, 15) is 28.1 Å². The van der Waals surface area contributed by atoms with E-state index < -0.39 is 45.4 Å². The van der Waals surface area contributed by atoms with Gasteiger partial charge in [0.25, 0.3) is 5.91 Å². The number of likely N-dealkylation sites (N-methyl/N-ethyl adjacent to an activating group) is 1. The SMILES string of the molecule is CNC(C)C(=O)NC1CN(C(=O)CS(C)(=O)=O)c2ccc(C#N)cc2N(Cc2c(OC)ccc3c(Br)cccc23)C1=O. The van der Waals surface area contributed by atoms with Gasteiger partial charge in [-0.25, -0.2) is 8.42 Å². The van der Waals surface area contributed by atoms with E-state index in [4.69, 9.17) is 4.74 Å². The molecule has 0 saturated carbocycles. The van der Waals surface area contributed by atoms with Gasteiger partial charge >= 0.3 is 0 Å². The summed E-state index contributed by atoms with van der Waals surface area (Å²) in [5.41, 5.74) is 1.33. The van der Waals surface area contributed by atoms with E-state index in [0.29, 0.717) is 11.3 Å². The number of carbonyl (C=O) groups is 3.